The summed E-state index contributed by atoms with van der Waals surface area (Å²) in [5.41, 5.74) is 8.87. The van der Waals surface area contributed by atoms with Crippen molar-refractivity contribution in [1.29, 1.82) is 0 Å². The molecule has 0 spiro atoms. The molecule has 1 aliphatic heterocycles. The highest BCUT2D eigenvalue weighted by Gasteiger charge is 2.31. The van der Waals surface area contributed by atoms with Crippen molar-refractivity contribution in [2.24, 2.45) is 0 Å². The predicted octanol–water partition coefficient (Wildman–Crippen LogP) is 3.28. The van der Waals surface area contributed by atoms with Crippen LogP contribution in [0.3, 0.4) is 0 Å². The van der Waals surface area contributed by atoms with E-state index in [1.807, 2.05) is 18.3 Å². The summed E-state index contributed by atoms with van der Waals surface area (Å²) in [6.45, 7) is 4.00. The fourth-order valence-electron chi connectivity index (χ4n) is 3.93. The summed E-state index contributed by atoms with van der Waals surface area (Å²) in [6, 6.07) is 8.47. The summed E-state index contributed by atoms with van der Waals surface area (Å²) < 4.78 is 5.87. The van der Waals surface area contributed by atoms with Crippen molar-refractivity contribution in [2.75, 3.05) is 37.3 Å². The molecule has 1 saturated heterocycles. The van der Waals surface area contributed by atoms with Gasteiger partial charge in [0.15, 0.2) is 0 Å². The zero-order valence-corrected chi connectivity index (χ0v) is 15.8. The third kappa shape index (κ3) is 4.69. The molecule has 27 heavy (non-hydrogen) atoms. The van der Waals surface area contributed by atoms with E-state index in [9.17, 15) is 0 Å². The third-order valence-corrected chi connectivity index (χ3v) is 5.62. The third-order valence-electron chi connectivity index (χ3n) is 5.62. The van der Waals surface area contributed by atoms with Crippen LogP contribution in [0.1, 0.15) is 43.7 Å². The summed E-state index contributed by atoms with van der Waals surface area (Å²) in [6.07, 6.45) is 9.66. The van der Waals surface area contributed by atoms with E-state index >= 15 is 0 Å². The van der Waals surface area contributed by atoms with Crippen LogP contribution in [0.25, 0.3) is 0 Å². The molecule has 2 fully saturated rings. The SMILES string of the molecule is Nc1cnc(OCCN2CCCCC2)cc1NC1CC(c2ccccn2)C1. The highest BCUT2D eigenvalue weighted by atomic mass is 16.5. The Hall–Kier alpha value is -2.34. The summed E-state index contributed by atoms with van der Waals surface area (Å²) >= 11 is 0. The van der Waals surface area contributed by atoms with Crippen LogP contribution in [0.4, 0.5) is 11.4 Å². The van der Waals surface area contributed by atoms with Gasteiger partial charge in [0.05, 0.1) is 17.6 Å². The lowest BCUT2D eigenvalue weighted by atomic mass is 9.78. The Morgan fingerprint density at radius 2 is 2.00 bits per heavy atom. The number of aromatic nitrogens is 2. The molecule has 0 amide bonds. The maximum absolute atomic E-state index is 6.11. The minimum absolute atomic E-state index is 0.419. The van der Waals surface area contributed by atoms with Gasteiger partial charge in [0, 0.05) is 36.5 Å². The second kappa shape index (κ2) is 8.57. The predicted molar refractivity (Wildman–Crippen MR) is 108 cm³/mol. The maximum Gasteiger partial charge on any atom is 0.215 e. The van der Waals surface area contributed by atoms with Crippen LogP contribution in [0.15, 0.2) is 36.7 Å². The van der Waals surface area contributed by atoms with Gasteiger partial charge < -0.3 is 15.8 Å². The Morgan fingerprint density at radius 1 is 1.15 bits per heavy atom. The van der Waals surface area contributed by atoms with Gasteiger partial charge in [-0.2, -0.15) is 0 Å². The Bertz CT molecular complexity index is 727. The molecule has 1 saturated carbocycles. The number of hydrogen-bond acceptors (Lipinski definition) is 6. The van der Waals surface area contributed by atoms with Gasteiger partial charge in [-0.3, -0.25) is 9.88 Å². The summed E-state index contributed by atoms with van der Waals surface area (Å²) in [7, 11) is 0. The van der Waals surface area contributed by atoms with Crippen LogP contribution >= 0.6 is 0 Å². The molecule has 144 valence electrons. The van der Waals surface area contributed by atoms with Gasteiger partial charge in [0.25, 0.3) is 0 Å². The van der Waals surface area contributed by atoms with E-state index in [-0.39, 0.29) is 0 Å². The standard InChI is InChI=1S/C21H29N5O/c22-18-15-24-21(27-11-10-26-8-4-1-5-9-26)14-20(18)25-17-12-16(13-17)19-6-2-3-7-23-19/h2-3,6-7,14-17H,1,4-5,8-13,22H2,(H,24,25). The normalized spacial score (nSPS) is 22.8. The van der Waals surface area contributed by atoms with Crippen molar-refractivity contribution in [3.63, 3.8) is 0 Å². The van der Waals surface area contributed by atoms with Crippen molar-refractivity contribution in [3.8, 4) is 5.88 Å². The van der Waals surface area contributed by atoms with E-state index in [4.69, 9.17) is 10.5 Å². The van der Waals surface area contributed by atoms with Gasteiger partial charge in [0.2, 0.25) is 5.88 Å². The number of nitrogen functional groups attached to an aromatic ring is 1. The minimum atomic E-state index is 0.419. The molecule has 6 heteroatoms. The van der Waals surface area contributed by atoms with Crippen molar-refractivity contribution in [3.05, 3.63) is 42.4 Å². The Kier molecular flexibility index (Phi) is 5.72. The van der Waals surface area contributed by atoms with Gasteiger partial charge >= 0.3 is 0 Å². The Morgan fingerprint density at radius 3 is 2.78 bits per heavy atom. The number of ether oxygens (including phenoxy) is 1. The molecule has 0 atom stereocenters. The average Bonchev–Trinajstić information content (AvgIpc) is 2.68. The molecular weight excluding hydrogens is 338 g/mol. The highest BCUT2D eigenvalue weighted by Crippen LogP contribution is 2.38. The van der Waals surface area contributed by atoms with Crippen molar-refractivity contribution >= 4 is 11.4 Å². The average molecular weight is 367 g/mol. The molecule has 0 unspecified atom stereocenters. The molecular formula is C21H29N5O. The van der Waals surface area contributed by atoms with Crippen LogP contribution in [-0.2, 0) is 0 Å². The Labute approximate surface area is 161 Å². The molecule has 2 aromatic heterocycles. The fraction of sp³-hybridized carbons (Fsp3) is 0.524. The van der Waals surface area contributed by atoms with E-state index in [1.165, 1.54) is 38.0 Å². The van der Waals surface area contributed by atoms with Gasteiger partial charge in [-0.25, -0.2) is 4.98 Å². The zero-order valence-electron chi connectivity index (χ0n) is 15.8. The lowest BCUT2D eigenvalue weighted by molar-refractivity contribution is 0.180. The maximum atomic E-state index is 6.11. The van der Waals surface area contributed by atoms with E-state index in [0.717, 1.165) is 25.1 Å². The molecule has 3 heterocycles. The molecule has 2 aromatic rings. The van der Waals surface area contributed by atoms with E-state index in [2.05, 4.69) is 32.3 Å². The number of anilines is 2. The quantitative estimate of drug-likeness (QED) is 0.782. The largest absolute Gasteiger partial charge is 0.476 e. The summed E-state index contributed by atoms with van der Waals surface area (Å²) in [5, 5.41) is 3.54. The first kappa shape index (κ1) is 18.0. The first-order chi connectivity index (χ1) is 13.3. The monoisotopic (exact) mass is 367 g/mol. The van der Waals surface area contributed by atoms with E-state index in [0.29, 0.717) is 30.1 Å². The zero-order chi connectivity index (χ0) is 18.5. The van der Waals surface area contributed by atoms with Crippen LogP contribution in [0.5, 0.6) is 5.88 Å². The number of rotatable bonds is 7. The molecule has 4 rings (SSSR count). The topological polar surface area (TPSA) is 76.3 Å². The number of nitrogens with zero attached hydrogens (tertiary/aromatic N) is 3. The lowest BCUT2D eigenvalue weighted by Gasteiger charge is -2.36. The second-order valence-electron chi connectivity index (χ2n) is 7.62. The first-order valence-corrected chi connectivity index (χ1v) is 10.1. The fourth-order valence-corrected chi connectivity index (χ4v) is 3.93. The lowest BCUT2D eigenvalue weighted by Crippen LogP contribution is -2.34. The van der Waals surface area contributed by atoms with Crippen LogP contribution in [0, 0.1) is 0 Å². The molecule has 6 nitrogen and oxygen atoms in total. The number of pyridine rings is 2. The smallest absolute Gasteiger partial charge is 0.215 e. The van der Waals surface area contributed by atoms with Crippen LogP contribution in [0.2, 0.25) is 0 Å². The minimum Gasteiger partial charge on any atom is -0.476 e. The van der Waals surface area contributed by atoms with E-state index < -0.39 is 0 Å². The molecule has 0 aromatic carbocycles. The summed E-state index contributed by atoms with van der Waals surface area (Å²) in [4.78, 5) is 11.2. The number of likely N-dealkylation sites (tertiary alicyclic amines) is 1. The highest BCUT2D eigenvalue weighted by molar-refractivity contribution is 5.66. The molecule has 0 bridgehead atoms. The van der Waals surface area contributed by atoms with E-state index in [1.54, 1.807) is 6.20 Å². The Balaban J connectivity index is 1.26. The number of nitrogens with one attached hydrogen (secondary N) is 1. The van der Waals surface area contributed by atoms with Gasteiger partial charge in [-0.05, 0) is 50.9 Å². The second-order valence-corrected chi connectivity index (χ2v) is 7.62. The summed E-state index contributed by atoms with van der Waals surface area (Å²) in [5.74, 6) is 1.18. The first-order valence-electron chi connectivity index (χ1n) is 10.1. The van der Waals surface area contributed by atoms with Crippen LogP contribution < -0.4 is 15.8 Å². The van der Waals surface area contributed by atoms with Crippen molar-refractivity contribution in [1.82, 2.24) is 14.9 Å². The van der Waals surface area contributed by atoms with Crippen molar-refractivity contribution in [2.45, 2.75) is 44.1 Å². The van der Waals surface area contributed by atoms with Gasteiger partial charge in [-0.1, -0.05) is 12.5 Å². The molecule has 2 aliphatic rings. The van der Waals surface area contributed by atoms with Crippen molar-refractivity contribution < 1.29 is 4.74 Å². The number of nitrogens with two attached hydrogens (primary N) is 1. The molecule has 3 N–H and O–H groups in total. The van der Waals surface area contributed by atoms with Crippen LogP contribution in [-0.4, -0.2) is 47.2 Å². The number of hydrogen-bond donors (Lipinski definition) is 2. The van der Waals surface area contributed by atoms with Gasteiger partial charge in [-0.15, -0.1) is 0 Å². The number of piperidine rings is 1. The molecule has 1 aliphatic carbocycles. The van der Waals surface area contributed by atoms with Gasteiger partial charge in [0.1, 0.15) is 6.61 Å². The molecule has 0 radical (unpaired) electrons.